The predicted octanol–water partition coefficient (Wildman–Crippen LogP) is 6.47. The molecule has 0 atom stereocenters. The highest BCUT2D eigenvalue weighted by molar-refractivity contribution is 6.05. The van der Waals surface area contributed by atoms with E-state index in [1.165, 1.54) is 57.8 Å². The molecule has 2 aromatic heterocycles. The number of hydrogen-bond donors (Lipinski definition) is 0. The van der Waals surface area contributed by atoms with Gasteiger partial charge in [0.05, 0.1) is 16.6 Å². The van der Waals surface area contributed by atoms with Crippen molar-refractivity contribution >= 4 is 21.9 Å². The first-order valence-corrected chi connectivity index (χ1v) is 9.85. The summed E-state index contributed by atoms with van der Waals surface area (Å²) >= 11 is 0. The molecule has 0 radical (unpaired) electrons. The number of halogens is 1. The van der Waals surface area contributed by atoms with E-state index in [0.717, 1.165) is 34.4 Å². The van der Waals surface area contributed by atoms with Crippen LogP contribution in [0.4, 0.5) is 4.39 Å². The Morgan fingerprint density at radius 1 is 1.00 bits per heavy atom. The minimum absolute atomic E-state index is 0.190. The van der Waals surface area contributed by atoms with Crippen molar-refractivity contribution in [3.8, 4) is 0 Å². The van der Waals surface area contributed by atoms with Crippen LogP contribution in [0.25, 0.3) is 21.9 Å². The third kappa shape index (κ3) is 3.56. The topological polar surface area (TPSA) is 17.8 Å². The summed E-state index contributed by atoms with van der Waals surface area (Å²) in [5.74, 6) is 0.791. The fraction of sp³-hybridized carbons (Fsp3) is 0.500. The maximum atomic E-state index is 13.7. The van der Waals surface area contributed by atoms with Gasteiger partial charge in [-0.1, -0.05) is 51.4 Å². The summed E-state index contributed by atoms with van der Waals surface area (Å²) in [6.45, 7) is 0.988. The number of pyridine rings is 1. The first-order valence-electron chi connectivity index (χ1n) is 9.85. The zero-order valence-electron chi connectivity index (χ0n) is 14.9. The van der Waals surface area contributed by atoms with E-state index in [1.807, 2.05) is 12.1 Å². The molecule has 1 aromatic carbocycles. The molecule has 0 aliphatic heterocycles. The predicted molar refractivity (Wildman–Crippen MR) is 102 cm³/mol. The van der Waals surface area contributed by atoms with Crippen LogP contribution in [-0.4, -0.2) is 9.55 Å². The molecule has 0 N–H and O–H groups in total. The van der Waals surface area contributed by atoms with Crippen LogP contribution in [0, 0.1) is 11.7 Å². The highest BCUT2D eigenvalue weighted by Gasteiger charge is 2.14. The van der Waals surface area contributed by atoms with Crippen LogP contribution in [0.1, 0.15) is 57.8 Å². The zero-order chi connectivity index (χ0) is 17.1. The van der Waals surface area contributed by atoms with Crippen LogP contribution >= 0.6 is 0 Å². The molecule has 0 saturated heterocycles. The lowest BCUT2D eigenvalue weighted by atomic mass is 9.85. The SMILES string of the molecule is Fc1ccc2c(c1)c1ncccc1n2CCCCCC1CCCCC1. The smallest absolute Gasteiger partial charge is 0.124 e. The molecule has 132 valence electrons. The van der Waals surface area contributed by atoms with Crippen LogP contribution < -0.4 is 0 Å². The van der Waals surface area contributed by atoms with Gasteiger partial charge in [-0.25, -0.2) is 4.39 Å². The maximum Gasteiger partial charge on any atom is 0.124 e. The van der Waals surface area contributed by atoms with Gasteiger partial charge in [-0.3, -0.25) is 4.98 Å². The number of rotatable bonds is 6. The highest BCUT2D eigenvalue weighted by Crippen LogP contribution is 2.30. The average Bonchev–Trinajstić information content (AvgIpc) is 2.96. The van der Waals surface area contributed by atoms with Gasteiger partial charge in [0, 0.05) is 18.1 Å². The quantitative estimate of drug-likeness (QED) is 0.471. The largest absolute Gasteiger partial charge is 0.339 e. The lowest BCUT2D eigenvalue weighted by Gasteiger charge is -2.21. The molecule has 0 unspecified atom stereocenters. The summed E-state index contributed by atoms with van der Waals surface area (Å²) in [6, 6.07) is 9.14. The second-order valence-electron chi connectivity index (χ2n) is 7.54. The van der Waals surface area contributed by atoms with Gasteiger partial charge >= 0.3 is 0 Å². The summed E-state index contributed by atoms with van der Waals surface area (Å²) in [7, 11) is 0. The number of benzene rings is 1. The van der Waals surface area contributed by atoms with Gasteiger partial charge in [0.2, 0.25) is 0 Å². The summed E-state index contributed by atoms with van der Waals surface area (Å²) < 4.78 is 16.0. The minimum Gasteiger partial charge on any atom is -0.339 e. The van der Waals surface area contributed by atoms with E-state index in [9.17, 15) is 4.39 Å². The normalized spacial score (nSPS) is 16.0. The number of aromatic nitrogens is 2. The first-order chi connectivity index (χ1) is 12.3. The van der Waals surface area contributed by atoms with E-state index < -0.39 is 0 Å². The highest BCUT2D eigenvalue weighted by atomic mass is 19.1. The summed E-state index contributed by atoms with van der Waals surface area (Å²) in [4.78, 5) is 4.49. The minimum atomic E-state index is -0.190. The van der Waals surface area contributed by atoms with Crippen molar-refractivity contribution in [1.29, 1.82) is 0 Å². The van der Waals surface area contributed by atoms with Crippen molar-refractivity contribution in [2.24, 2.45) is 5.92 Å². The third-order valence-corrected chi connectivity index (χ3v) is 5.80. The second kappa shape index (κ2) is 7.55. The van der Waals surface area contributed by atoms with E-state index in [4.69, 9.17) is 0 Å². The Hall–Kier alpha value is -1.90. The fourth-order valence-electron chi connectivity index (χ4n) is 4.48. The standard InChI is InChI=1S/C22H27FN2/c23-18-12-13-20-19(16-18)22-21(11-7-14-24-22)25(20)15-6-2-5-10-17-8-3-1-4-9-17/h7,11-14,16-17H,1-6,8-10,15H2. The number of nitrogens with zero attached hydrogens (tertiary/aromatic N) is 2. The Morgan fingerprint density at radius 3 is 2.76 bits per heavy atom. The lowest BCUT2D eigenvalue weighted by Crippen LogP contribution is -2.06. The van der Waals surface area contributed by atoms with Gasteiger partial charge in [-0.2, -0.15) is 0 Å². The molecule has 3 aromatic rings. The maximum absolute atomic E-state index is 13.7. The first kappa shape index (κ1) is 16.6. The lowest BCUT2D eigenvalue weighted by molar-refractivity contribution is 0.327. The Bertz CT molecular complexity index is 846. The number of hydrogen-bond acceptors (Lipinski definition) is 1. The van der Waals surface area contributed by atoms with Crippen LogP contribution in [0.3, 0.4) is 0 Å². The molecule has 2 nitrogen and oxygen atoms in total. The Balaban J connectivity index is 1.43. The molecular formula is C22H27FN2. The second-order valence-corrected chi connectivity index (χ2v) is 7.54. The van der Waals surface area contributed by atoms with Crippen molar-refractivity contribution in [3.63, 3.8) is 0 Å². The van der Waals surface area contributed by atoms with Crippen LogP contribution in [-0.2, 0) is 6.54 Å². The Labute approximate surface area is 149 Å². The Morgan fingerprint density at radius 2 is 1.88 bits per heavy atom. The average molecular weight is 338 g/mol. The van der Waals surface area contributed by atoms with Gasteiger partial charge in [-0.15, -0.1) is 0 Å². The van der Waals surface area contributed by atoms with Gasteiger partial charge in [0.25, 0.3) is 0 Å². The Kier molecular flexibility index (Phi) is 5.00. The van der Waals surface area contributed by atoms with Crippen LogP contribution in [0.2, 0.25) is 0 Å². The van der Waals surface area contributed by atoms with Crippen molar-refractivity contribution < 1.29 is 4.39 Å². The van der Waals surface area contributed by atoms with Crippen molar-refractivity contribution in [2.75, 3.05) is 0 Å². The van der Waals surface area contributed by atoms with E-state index >= 15 is 0 Å². The van der Waals surface area contributed by atoms with Crippen LogP contribution in [0.5, 0.6) is 0 Å². The van der Waals surface area contributed by atoms with E-state index in [-0.39, 0.29) is 5.82 Å². The molecular weight excluding hydrogens is 311 g/mol. The van der Waals surface area contributed by atoms with Gasteiger partial charge < -0.3 is 4.57 Å². The summed E-state index contributed by atoms with van der Waals surface area (Å²) in [6.07, 6.45) is 14.2. The molecule has 0 spiro atoms. The van der Waals surface area contributed by atoms with Crippen molar-refractivity contribution in [2.45, 2.75) is 64.3 Å². The van der Waals surface area contributed by atoms with Gasteiger partial charge in [0.15, 0.2) is 0 Å². The monoisotopic (exact) mass is 338 g/mol. The van der Waals surface area contributed by atoms with Crippen molar-refractivity contribution in [3.05, 3.63) is 42.3 Å². The molecule has 0 bridgehead atoms. The molecule has 1 aliphatic rings. The molecule has 4 rings (SSSR count). The molecule has 1 saturated carbocycles. The third-order valence-electron chi connectivity index (χ3n) is 5.80. The molecule has 2 heterocycles. The summed E-state index contributed by atoms with van der Waals surface area (Å²) in [5.41, 5.74) is 3.14. The summed E-state index contributed by atoms with van der Waals surface area (Å²) in [5, 5.41) is 0.929. The molecule has 3 heteroatoms. The van der Waals surface area contributed by atoms with E-state index in [1.54, 1.807) is 18.3 Å². The number of unbranched alkanes of at least 4 members (excludes halogenated alkanes) is 2. The molecule has 25 heavy (non-hydrogen) atoms. The number of fused-ring (bicyclic) bond motifs is 3. The zero-order valence-corrected chi connectivity index (χ0v) is 14.9. The molecule has 1 fully saturated rings. The fourth-order valence-corrected chi connectivity index (χ4v) is 4.48. The van der Waals surface area contributed by atoms with E-state index in [0.29, 0.717) is 0 Å². The van der Waals surface area contributed by atoms with Gasteiger partial charge in [0.1, 0.15) is 5.82 Å². The molecule has 0 amide bonds. The van der Waals surface area contributed by atoms with Crippen molar-refractivity contribution in [1.82, 2.24) is 9.55 Å². The number of aryl methyl sites for hydroxylation is 1. The van der Waals surface area contributed by atoms with Crippen LogP contribution in [0.15, 0.2) is 36.5 Å². The molecule has 1 aliphatic carbocycles. The van der Waals surface area contributed by atoms with E-state index in [2.05, 4.69) is 15.6 Å². The van der Waals surface area contributed by atoms with Gasteiger partial charge in [-0.05, 0) is 42.7 Å².